The molecule has 4 nitrogen and oxygen atoms in total. The minimum absolute atomic E-state index is 0.231. The fourth-order valence-electron chi connectivity index (χ4n) is 2.60. The predicted octanol–water partition coefficient (Wildman–Crippen LogP) is 2.12. The maximum absolute atomic E-state index is 11.7. The van der Waals surface area contributed by atoms with Crippen molar-refractivity contribution >= 4 is 5.97 Å². The lowest BCUT2D eigenvalue weighted by Gasteiger charge is -2.35. The van der Waals surface area contributed by atoms with Crippen LogP contribution in [0.3, 0.4) is 0 Å². The number of hydrogen-bond donors (Lipinski definition) is 0. The van der Waals surface area contributed by atoms with Crippen molar-refractivity contribution in [2.24, 2.45) is 5.92 Å². The lowest BCUT2D eigenvalue weighted by atomic mass is 9.89. The number of rotatable bonds is 3. The molecule has 0 amide bonds. The molecule has 0 N–H and O–H groups in total. The van der Waals surface area contributed by atoms with E-state index in [-0.39, 0.29) is 5.97 Å². The smallest absolute Gasteiger partial charge is 0.331 e. The van der Waals surface area contributed by atoms with Crippen LogP contribution in [-0.2, 0) is 14.3 Å². The summed E-state index contributed by atoms with van der Waals surface area (Å²) in [5, 5.41) is 0. The second kappa shape index (κ2) is 6.75. The minimum Gasteiger partial charge on any atom is -0.463 e. The highest BCUT2D eigenvalue weighted by molar-refractivity contribution is 5.83. The Hall–Kier alpha value is -1.29. The zero-order chi connectivity index (χ0) is 13.7. The third-order valence-corrected chi connectivity index (χ3v) is 3.54. The van der Waals surface area contributed by atoms with Crippen LogP contribution < -0.4 is 0 Å². The molecular formula is C15H23NO3. The maximum atomic E-state index is 11.7. The summed E-state index contributed by atoms with van der Waals surface area (Å²) >= 11 is 0. The van der Waals surface area contributed by atoms with Gasteiger partial charge in [0.15, 0.2) is 0 Å². The van der Waals surface area contributed by atoms with Crippen LogP contribution in [0.1, 0.15) is 26.7 Å². The first-order valence-electron chi connectivity index (χ1n) is 7.11. The molecule has 0 aromatic rings. The summed E-state index contributed by atoms with van der Waals surface area (Å²) in [6.45, 7) is 7.80. The summed E-state index contributed by atoms with van der Waals surface area (Å²) in [7, 11) is 0. The monoisotopic (exact) mass is 265 g/mol. The number of morpholine rings is 1. The Bertz CT molecular complexity index is 381. The second-order valence-corrected chi connectivity index (χ2v) is 5.16. The fourth-order valence-corrected chi connectivity index (χ4v) is 2.60. The van der Waals surface area contributed by atoms with Crippen molar-refractivity contribution in [2.75, 3.05) is 32.9 Å². The van der Waals surface area contributed by atoms with Crippen molar-refractivity contribution in [3.63, 3.8) is 0 Å². The van der Waals surface area contributed by atoms with Crippen LogP contribution in [0.4, 0.5) is 0 Å². The molecule has 0 aromatic heterocycles. The van der Waals surface area contributed by atoms with Gasteiger partial charge in [0.05, 0.1) is 19.8 Å². The van der Waals surface area contributed by atoms with Gasteiger partial charge < -0.3 is 14.4 Å². The van der Waals surface area contributed by atoms with Crippen LogP contribution in [-0.4, -0.2) is 43.8 Å². The van der Waals surface area contributed by atoms with Gasteiger partial charge in [-0.3, -0.25) is 0 Å². The van der Waals surface area contributed by atoms with Crippen LogP contribution in [0.5, 0.6) is 0 Å². The SMILES string of the molecule is CCOC(=O)/C=C1\CC(C)CC=C1N1CCOCC1. The van der Waals surface area contributed by atoms with Crippen LogP contribution >= 0.6 is 0 Å². The average molecular weight is 265 g/mol. The average Bonchev–Trinajstić information content (AvgIpc) is 2.40. The largest absolute Gasteiger partial charge is 0.463 e. The molecule has 1 heterocycles. The highest BCUT2D eigenvalue weighted by Crippen LogP contribution is 2.31. The van der Waals surface area contributed by atoms with Gasteiger partial charge >= 0.3 is 5.97 Å². The summed E-state index contributed by atoms with van der Waals surface area (Å²) in [5.74, 6) is 0.358. The summed E-state index contributed by atoms with van der Waals surface area (Å²) in [5.41, 5.74) is 2.31. The van der Waals surface area contributed by atoms with E-state index >= 15 is 0 Å². The van der Waals surface area contributed by atoms with Gasteiger partial charge in [0, 0.05) is 24.9 Å². The van der Waals surface area contributed by atoms with E-state index in [1.807, 2.05) is 6.92 Å². The summed E-state index contributed by atoms with van der Waals surface area (Å²) < 4.78 is 10.4. The summed E-state index contributed by atoms with van der Waals surface area (Å²) in [6, 6.07) is 0. The third-order valence-electron chi connectivity index (χ3n) is 3.54. The van der Waals surface area contributed by atoms with Crippen LogP contribution in [0.25, 0.3) is 0 Å². The van der Waals surface area contributed by atoms with E-state index in [1.54, 1.807) is 6.08 Å². The normalized spacial score (nSPS) is 26.2. The molecule has 106 valence electrons. The van der Waals surface area contributed by atoms with E-state index in [9.17, 15) is 4.79 Å². The van der Waals surface area contributed by atoms with E-state index in [1.165, 1.54) is 5.70 Å². The minimum atomic E-state index is -0.231. The number of allylic oxidation sites excluding steroid dienone is 2. The second-order valence-electron chi connectivity index (χ2n) is 5.16. The Morgan fingerprint density at radius 2 is 2.26 bits per heavy atom. The van der Waals surface area contributed by atoms with Crippen LogP contribution in [0.2, 0.25) is 0 Å². The zero-order valence-corrected chi connectivity index (χ0v) is 11.9. The standard InChI is InChI=1S/C15H23NO3/c1-3-19-15(17)11-13-10-12(2)4-5-14(13)16-6-8-18-9-7-16/h5,11-12H,3-4,6-10H2,1-2H3/b13-11+. The maximum Gasteiger partial charge on any atom is 0.331 e. The molecule has 2 rings (SSSR count). The predicted molar refractivity (Wildman–Crippen MR) is 73.6 cm³/mol. The van der Waals surface area contributed by atoms with Crippen molar-refractivity contribution in [3.8, 4) is 0 Å². The molecule has 19 heavy (non-hydrogen) atoms. The van der Waals surface area contributed by atoms with Crippen molar-refractivity contribution in [1.29, 1.82) is 0 Å². The first kappa shape index (κ1) is 14.1. The summed E-state index contributed by atoms with van der Waals surface area (Å²) in [6.07, 6.45) is 5.94. The Morgan fingerprint density at radius 1 is 1.53 bits per heavy atom. The Balaban J connectivity index is 2.14. The number of hydrogen-bond acceptors (Lipinski definition) is 4. The van der Waals surface area contributed by atoms with Gasteiger partial charge in [-0.25, -0.2) is 4.79 Å². The number of esters is 1. The van der Waals surface area contributed by atoms with Gasteiger partial charge in [-0.05, 0) is 31.3 Å². The van der Waals surface area contributed by atoms with Gasteiger partial charge in [-0.15, -0.1) is 0 Å². The van der Waals surface area contributed by atoms with Crippen molar-refractivity contribution < 1.29 is 14.3 Å². The molecule has 0 spiro atoms. The molecule has 1 atom stereocenters. The van der Waals surface area contributed by atoms with Crippen LogP contribution in [0, 0.1) is 5.92 Å². The van der Waals surface area contributed by atoms with Crippen molar-refractivity contribution in [1.82, 2.24) is 4.90 Å². The highest BCUT2D eigenvalue weighted by atomic mass is 16.5. The van der Waals surface area contributed by atoms with Gasteiger partial charge in [0.25, 0.3) is 0 Å². The Morgan fingerprint density at radius 3 is 2.95 bits per heavy atom. The van der Waals surface area contributed by atoms with E-state index in [2.05, 4.69) is 17.9 Å². The quantitative estimate of drug-likeness (QED) is 0.579. The van der Waals surface area contributed by atoms with E-state index in [0.29, 0.717) is 12.5 Å². The van der Waals surface area contributed by atoms with Gasteiger partial charge in [0.1, 0.15) is 0 Å². The molecule has 0 bridgehead atoms. The Labute approximate surface area is 115 Å². The molecule has 4 heteroatoms. The molecule has 2 aliphatic rings. The Kier molecular flexibility index (Phi) is 5.02. The van der Waals surface area contributed by atoms with E-state index < -0.39 is 0 Å². The lowest BCUT2D eigenvalue weighted by molar-refractivity contribution is -0.137. The topological polar surface area (TPSA) is 38.8 Å². The molecular weight excluding hydrogens is 242 g/mol. The molecule has 0 aromatic carbocycles. The molecule has 1 saturated heterocycles. The van der Waals surface area contributed by atoms with Gasteiger partial charge in [-0.1, -0.05) is 13.0 Å². The molecule has 1 aliphatic heterocycles. The van der Waals surface area contributed by atoms with Crippen molar-refractivity contribution in [3.05, 3.63) is 23.4 Å². The van der Waals surface area contributed by atoms with Gasteiger partial charge in [-0.2, -0.15) is 0 Å². The van der Waals surface area contributed by atoms with E-state index in [4.69, 9.17) is 9.47 Å². The number of carbonyl (C=O) groups excluding carboxylic acids is 1. The lowest BCUT2D eigenvalue weighted by Crippen LogP contribution is -2.37. The number of nitrogens with zero attached hydrogens (tertiary/aromatic N) is 1. The molecule has 1 aliphatic carbocycles. The highest BCUT2D eigenvalue weighted by Gasteiger charge is 2.22. The van der Waals surface area contributed by atoms with E-state index in [0.717, 1.165) is 44.7 Å². The first-order chi connectivity index (χ1) is 9.20. The fraction of sp³-hybridized carbons (Fsp3) is 0.667. The third kappa shape index (κ3) is 3.83. The molecule has 1 unspecified atom stereocenters. The van der Waals surface area contributed by atoms with Crippen molar-refractivity contribution in [2.45, 2.75) is 26.7 Å². The van der Waals surface area contributed by atoms with Gasteiger partial charge in [0.2, 0.25) is 0 Å². The molecule has 0 saturated carbocycles. The van der Waals surface area contributed by atoms with Crippen LogP contribution in [0.15, 0.2) is 23.4 Å². The number of carbonyl (C=O) groups is 1. The zero-order valence-electron chi connectivity index (χ0n) is 11.9. The molecule has 1 fully saturated rings. The summed E-state index contributed by atoms with van der Waals surface area (Å²) in [4.78, 5) is 14.0. The molecule has 0 radical (unpaired) electrons. The number of ether oxygens (including phenoxy) is 2. The first-order valence-corrected chi connectivity index (χ1v) is 7.11.